The maximum Gasteiger partial charge on any atom is 0.123 e. The normalized spacial score (nSPS) is 16.9. The highest BCUT2D eigenvalue weighted by Gasteiger charge is 2.18. The van der Waals surface area contributed by atoms with Crippen LogP contribution in [0.2, 0.25) is 0 Å². The lowest BCUT2D eigenvalue weighted by Crippen LogP contribution is -2.48. The van der Waals surface area contributed by atoms with Gasteiger partial charge in [0.25, 0.3) is 0 Å². The Hall–Kier alpha value is -1.17. The van der Waals surface area contributed by atoms with Gasteiger partial charge in [0.05, 0.1) is 0 Å². The Morgan fingerprint density at radius 1 is 1.20 bits per heavy atom. The Kier molecular flexibility index (Phi) is 5.34. The molecule has 2 rings (SSSR count). The van der Waals surface area contributed by atoms with Crippen LogP contribution >= 0.6 is 0 Å². The van der Waals surface area contributed by atoms with Crippen molar-refractivity contribution in [3.63, 3.8) is 0 Å². The summed E-state index contributed by atoms with van der Waals surface area (Å²) in [6, 6.07) is 4.92. The van der Waals surface area contributed by atoms with Crippen LogP contribution in [0.25, 0.3) is 0 Å². The van der Waals surface area contributed by atoms with Gasteiger partial charge >= 0.3 is 0 Å². The van der Waals surface area contributed by atoms with Gasteiger partial charge in [0.2, 0.25) is 0 Å². The lowest BCUT2D eigenvalue weighted by Gasteiger charge is -2.37. The first kappa shape index (κ1) is 15.2. The van der Waals surface area contributed by atoms with E-state index in [0.29, 0.717) is 6.54 Å². The van der Waals surface area contributed by atoms with E-state index in [0.717, 1.165) is 50.5 Å². The summed E-state index contributed by atoms with van der Waals surface area (Å²) in [5.41, 5.74) is 7.70. The summed E-state index contributed by atoms with van der Waals surface area (Å²) in [6.07, 6.45) is 0. The molecule has 0 saturated carbocycles. The first-order valence-electron chi connectivity index (χ1n) is 7.20. The third-order valence-electron chi connectivity index (χ3n) is 3.84. The molecule has 0 aromatic heterocycles. The molecule has 1 aliphatic heterocycles. The topological polar surface area (TPSA) is 35.7 Å². The molecule has 1 heterocycles. The fourth-order valence-corrected chi connectivity index (χ4v) is 2.58. The summed E-state index contributed by atoms with van der Waals surface area (Å²) >= 11 is 0. The molecule has 2 N–H and O–H groups in total. The van der Waals surface area contributed by atoms with Crippen LogP contribution in [-0.4, -0.2) is 63.2 Å². The average molecular weight is 280 g/mol. The van der Waals surface area contributed by atoms with Crippen molar-refractivity contribution in [2.75, 3.05) is 58.3 Å². The Balaban J connectivity index is 1.93. The van der Waals surface area contributed by atoms with Crippen molar-refractivity contribution in [2.45, 2.75) is 6.54 Å². The van der Waals surface area contributed by atoms with E-state index in [4.69, 9.17) is 5.73 Å². The van der Waals surface area contributed by atoms with Gasteiger partial charge in [-0.05, 0) is 37.9 Å². The van der Waals surface area contributed by atoms with Gasteiger partial charge in [-0.25, -0.2) is 4.39 Å². The van der Waals surface area contributed by atoms with Gasteiger partial charge in [-0.3, -0.25) is 4.90 Å². The van der Waals surface area contributed by atoms with Crippen molar-refractivity contribution in [1.29, 1.82) is 0 Å². The smallest absolute Gasteiger partial charge is 0.123 e. The molecular formula is C15H25FN4. The molecule has 1 fully saturated rings. The van der Waals surface area contributed by atoms with E-state index in [1.54, 1.807) is 6.07 Å². The van der Waals surface area contributed by atoms with Gasteiger partial charge in [0.15, 0.2) is 0 Å². The summed E-state index contributed by atoms with van der Waals surface area (Å²) in [5.74, 6) is -0.209. The molecule has 0 unspecified atom stereocenters. The van der Waals surface area contributed by atoms with Crippen molar-refractivity contribution in [3.8, 4) is 0 Å². The number of halogens is 1. The number of piperazine rings is 1. The van der Waals surface area contributed by atoms with E-state index in [-0.39, 0.29) is 5.82 Å². The maximum absolute atomic E-state index is 13.3. The Bertz CT molecular complexity index is 428. The van der Waals surface area contributed by atoms with Gasteiger partial charge < -0.3 is 15.5 Å². The number of nitrogens with zero attached hydrogens (tertiary/aromatic N) is 3. The second-order valence-electron chi connectivity index (χ2n) is 5.61. The molecule has 1 saturated heterocycles. The molecule has 0 spiro atoms. The van der Waals surface area contributed by atoms with Crippen LogP contribution < -0.4 is 10.6 Å². The minimum Gasteiger partial charge on any atom is -0.369 e. The number of anilines is 1. The molecule has 0 amide bonds. The number of hydrogen-bond acceptors (Lipinski definition) is 4. The van der Waals surface area contributed by atoms with E-state index in [1.165, 1.54) is 6.07 Å². The van der Waals surface area contributed by atoms with Gasteiger partial charge in [-0.15, -0.1) is 0 Å². The average Bonchev–Trinajstić information content (AvgIpc) is 2.45. The fraction of sp³-hybridized carbons (Fsp3) is 0.600. The number of rotatable bonds is 5. The number of nitrogens with two attached hydrogens (primary N) is 1. The summed E-state index contributed by atoms with van der Waals surface area (Å²) in [6.45, 7) is 6.63. The Morgan fingerprint density at radius 3 is 2.50 bits per heavy atom. The monoisotopic (exact) mass is 280 g/mol. The molecule has 20 heavy (non-hydrogen) atoms. The predicted octanol–water partition coefficient (Wildman–Crippen LogP) is 0.968. The van der Waals surface area contributed by atoms with Gasteiger partial charge in [-0.1, -0.05) is 0 Å². The predicted molar refractivity (Wildman–Crippen MR) is 81.5 cm³/mol. The molecule has 5 heteroatoms. The zero-order chi connectivity index (χ0) is 14.5. The van der Waals surface area contributed by atoms with Crippen molar-refractivity contribution in [1.82, 2.24) is 9.80 Å². The van der Waals surface area contributed by atoms with Crippen molar-refractivity contribution < 1.29 is 4.39 Å². The van der Waals surface area contributed by atoms with Crippen molar-refractivity contribution >= 4 is 5.69 Å². The van der Waals surface area contributed by atoms with Gasteiger partial charge in [-0.2, -0.15) is 0 Å². The first-order chi connectivity index (χ1) is 9.60. The van der Waals surface area contributed by atoms with Crippen LogP contribution in [0.4, 0.5) is 10.1 Å². The summed E-state index contributed by atoms with van der Waals surface area (Å²) in [5, 5.41) is 0. The lowest BCUT2D eigenvalue weighted by molar-refractivity contribution is 0.229. The van der Waals surface area contributed by atoms with Crippen LogP contribution in [0.1, 0.15) is 5.56 Å². The Morgan fingerprint density at radius 2 is 1.90 bits per heavy atom. The number of likely N-dealkylation sites (N-methyl/N-ethyl adjacent to an activating group) is 1. The molecule has 0 bridgehead atoms. The van der Waals surface area contributed by atoms with Gasteiger partial charge in [0.1, 0.15) is 5.82 Å². The fourth-order valence-electron chi connectivity index (χ4n) is 2.58. The summed E-state index contributed by atoms with van der Waals surface area (Å²) in [4.78, 5) is 6.99. The zero-order valence-corrected chi connectivity index (χ0v) is 12.5. The van der Waals surface area contributed by atoms with Crippen LogP contribution in [0.15, 0.2) is 18.2 Å². The first-order valence-corrected chi connectivity index (χ1v) is 7.20. The van der Waals surface area contributed by atoms with Crippen molar-refractivity contribution in [2.24, 2.45) is 5.73 Å². The molecule has 0 aliphatic carbocycles. The third kappa shape index (κ3) is 3.91. The molecule has 1 aromatic rings. The standard InChI is InChI=1S/C15H25FN4/c1-18(2)5-6-19-7-9-20(10-8-19)15-4-3-14(16)11-13(15)12-17/h3-4,11H,5-10,12,17H2,1-2H3. The zero-order valence-electron chi connectivity index (χ0n) is 12.5. The van der Waals surface area contributed by atoms with E-state index in [9.17, 15) is 4.39 Å². The second kappa shape index (κ2) is 7.02. The quantitative estimate of drug-likeness (QED) is 0.872. The van der Waals surface area contributed by atoms with Gasteiger partial charge in [0, 0.05) is 51.5 Å². The third-order valence-corrected chi connectivity index (χ3v) is 3.84. The minimum absolute atomic E-state index is 0.209. The molecule has 4 nitrogen and oxygen atoms in total. The molecule has 0 atom stereocenters. The van der Waals surface area contributed by atoms with Crippen LogP contribution in [0, 0.1) is 5.82 Å². The largest absolute Gasteiger partial charge is 0.369 e. The van der Waals surface area contributed by atoms with Crippen molar-refractivity contribution in [3.05, 3.63) is 29.6 Å². The molecular weight excluding hydrogens is 255 g/mol. The molecule has 0 radical (unpaired) electrons. The SMILES string of the molecule is CN(C)CCN1CCN(c2ccc(F)cc2CN)CC1. The minimum atomic E-state index is -0.209. The summed E-state index contributed by atoms with van der Waals surface area (Å²) in [7, 11) is 4.20. The molecule has 112 valence electrons. The number of hydrogen-bond donors (Lipinski definition) is 1. The number of benzene rings is 1. The highest BCUT2D eigenvalue weighted by Crippen LogP contribution is 2.22. The van der Waals surface area contributed by atoms with E-state index < -0.39 is 0 Å². The highest BCUT2D eigenvalue weighted by atomic mass is 19.1. The molecule has 1 aliphatic rings. The van der Waals surface area contributed by atoms with Crippen LogP contribution in [0.5, 0.6) is 0 Å². The van der Waals surface area contributed by atoms with Crippen LogP contribution in [0.3, 0.4) is 0 Å². The van der Waals surface area contributed by atoms with E-state index in [1.807, 2.05) is 6.07 Å². The summed E-state index contributed by atoms with van der Waals surface area (Å²) < 4.78 is 13.3. The highest BCUT2D eigenvalue weighted by molar-refractivity contribution is 5.54. The van der Waals surface area contributed by atoms with E-state index >= 15 is 0 Å². The lowest BCUT2D eigenvalue weighted by atomic mass is 10.1. The molecule has 1 aromatic carbocycles. The Labute approximate surface area is 120 Å². The van der Waals surface area contributed by atoms with Crippen LogP contribution in [-0.2, 0) is 6.54 Å². The second-order valence-corrected chi connectivity index (χ2v) is 5.61. The maximum atomic E-state index is 13.3. The van der Waals surface area contributed by atoms with E-state index in [2.05, 4.69) is 28.8 Å².